The summed E-state index contributed by atoms with van der Waals surface area (Å²) in [7, 11) is 0. The van der Waals surface area contributed by atoms with E-state index in [1.165, 1.54) is 0 Å². The maximum atomic E-state index is 12.1. The van der Waals surface area contributed by atoms with Crippen molar-refractivity contribution in [3.05, 3.63) is 29.3 Å². The molecule has 0 saturated carbocycles. The molecule has 0 heterocycles. The largest absolute Gasteiger partial charge is 0.481 e. The smallest absolute Gasteiger partial charge is 0.260 e. The number of benzene rings is 1. The van der Waals surface area contributed by atoms with Gasteiger partial charge in [0.05, 0.1) is 0 Å². The molecule has 0 radical (unpaired) electrons. The van der Waals surface area contributed by atoms with E-state index >= 15 is 0 Å². The summed E-state index contributed by atoms with van der Waals surface area (Å²) >= 11 is 0. The molecule has 118 valence electrons. The molecule has 3 heteroatoms. The fraction of sp³-hybridized carbons (Fsp3) is 0.611. The summed E-state index contributed by atoms with van der Waals surface area (Å²) in [6, 6.07) is 6.17. The summed E-state index contributed by atoms with van der Waals surface area (Å²) < 4.78 is 5.89. The van der Waals surface area contributed by atoms with E-state index in [2.05, 4.69) is 45.1 Å². The van der Waals surface area contributed by atoms with Crippen molar-refractivity contribution in [2.24, 2.45) is 5.92 Å². The van der Waals surface area contributed by atoms with Gasteiger partial charge in [-0.05, 0) is 49.3 Å². The van der Waals surface area contributed by atoms with Crippen LogP contribution in [0.25, 0.3) is 0 Å². The second-order valence-corrected chi connectivity index (χ2v) is 6.43. The van der Waals surface area contributed by atoms with Gasteiger partial charge in [0.25, 0.3) is 5.91 Å². The molecule has 0 saturated heterocycles. The summed E-state index contributed by atoms with van der Waals surface area (Å²) in [6.45, 7) is 13.1. The van der Waals surface area contributed by atoms with Gasteiger partial charge in [-0.1, -0.05) is 39.8 Å². The average Bonchev–Trinajstić information content (AvgIpc) is 2.37. The van der Waals surface area contributed by atoms with Crippen molar-refractivity contribution in [2.45, 2.75) is 60.0 Å². The topological polar surface area (TPSA) is 38.3 Å². The van der Waals surface area contributed by atoms with Crippen LogP contribution in [0.4, 0.5) is 0 Å². The Hall–Kier alpha value is -1.51. The zero-order chi connectivity index (χ0) is 16.0. The predicted octanol–water partition coefficient (Wildman–Crippen LogP) is 4.05. The zero-order valence-corrected chi connectivity index (χ0v) is 14.2. The first-order chi connectivity index (χ1) is 9.81. The number of hydrogen-bond acceptors (Lipinski definition) is 2. The van der Waals surface area contributed by atoms with E-state index in [0.717, 1.165) is 23.3 Å². The first-order valence-electron chi connectivity index (χ1n) is 7.86. The number of nitrogens with one attached hydrogen (secondary N) is 1. The van der Waals surface area contributed by atoms with Crippen LogP contribution in [0.5, 0.6) is 5.75 Å². The molecular formula is C18H29NO2. The van der Waals surface area contributed by atoms with Crippen molar-refractivity contribution in [1.29, 1.82) is 0 Å². The minimum atomic E-state index is -0.475. The van der Waals surface area contributed by atoms with Crippen LogP contribution in [0.3, 0.4) is 0 Å². The molecule has 1 unspecified atom stereocenters. The van der Waals surface area contributed by atoms with E-state index in [-0.39, 0.29) is 5.91 Å². The first-order valence-corrected chi connectivity index (χ1v) is 7.86. The van der Waals surface area contributed by atoms with Crippen LogP contribution in [0, 0.1) is 12.8 Å². The van der Waals surface area contributed by atoms with E-state index in [1.54, 1.807) is 6.92 Å². The maximum Gasteiger partial charge on any atom is 0.260 e. The number of amides is 1. The van der Waals surface area contributed by atoms with E-state index in [9.17, 15) is 4.79 Å². The van der Waals surface area contributed by atoms with Crippen LogP contribution in [0.15, 0.2) is 18.2 Å². The molecule has 1 N–H and O–H groups in total. The molecule has 1 rings (SSSR count). The Morgan fingerprint density at radius 1 is 1.19 bits per heavy atom. The standard InChI is InChI=1S/C18H29NO2/c1-12(2)9-10-19-18(20)15(6)21-17-11-14(5)7-8-16(17)13(3)4/h7-8,11-13,15H,9-10H2,1-6H3,(H,19,20). The number of aryl methyl sites for hydroxylation is 1. The quantitative estimate of drug-likeness (QED) is 0.823. The molecule has 0 bridgehead atoms. The fourth-order valence-corrected chi connectivity index (χ4v) is 2.09. The lowest BCUT2D eigenvalue weighted by atomic mass is 10.0. The molecule has 3 nitrogen and oxygen atoms in total. The molecule has 0 aliphatic rings. The monoisotopic (exact) mass is 291 g/mol. The maximum absolute atomic E-state index is 12.1. The molecule has 0 aliphatic carbocycles. The van der Waals surface area contributed by atoms with Gasteiger partial charge >= 0.3 is 0 Å². The van der Waals surface area contributed by atoms with Crippen molar-refractivity contribution >= 4 is 5.91 Å². The van der Waals surface area contributed by atoms with Crippen molar-refractivity contribution in [1.82, 2.24) is 5.32 Å². The van der Waals surface area contributed by atoms with E-state index in [0.29, 0.717) is 18.4 Å². The van der Waals surface area contributed by atoms with Gasteiger partial charge in [-0.15, -0.1) is 0 Å². The van der Waals surface area contributed by atoms with Gasteiger partial charge in [0, 0.05) is 6.54 Å². The summed E-state index contributed by atoms with van der Waals surface area (Å²) in [5.41, 5.74) is 2.28. The Bertz CT molecular complexity index is 466. The first kappa shape index (κ1) is 17.5. The molecule has 21 heavy (non-hydrogen) atoms. The number of carbonyl (C=O) groups is 1. The molecule has 0 fully saturated rings. The number of carbonyl (C=O) groups excluding carboxylic acids is 1. The Balaban J connectivity index is 2.67. The third kappa shape index (κ3) is 5.78. The molecule has 0 spiro atoms. The molecule has 0 aliphatic heterocycles. The molecular weight excluding hydrogens is 262 g/mol. The lowest BCUT2D eigenvalue weighted by Gasteiger charge is -2.19. The van der Waals surface area contributed by atoms with E-state index in [4.69, 9.17) is 4.74 Å². The van der Waals surface area contributed by atoms with Crippen LogP contribution in [0.1, 0.15) is 58.1 Å². The van der Waals surface area contributed by atoms with Gasteiger partial charge in [-0.3, -0.25) is 4.79 Å². The third-order valence-electron chi connectivity index (χ3n) is 3.48. The van der Waals surface area contributed by atoms with Crippen LogP contribution in [-0.4, -0.2) is 18.6 Å². The molecule has 1 aromatic carbocycles. The van der Waals surface area contributed by atoms with Crippen molar-refractivity contribution < 1.29 is 9.53 Å². The number of hydrogen-bond donors (Lipinski definition) is 1. The van der Waals surface area contributed by atoms with Crippen LogP contribution >= 0.6 is 0 Å². The Labute approximate surface area is 129 Å². The van der Waals surface area contributed by atoms with Gasteiger partial charge in [-0.25, -0.2) is 0 Å². The Morgan fingerprint density at radius 2 is 1.86 bits per heavy atom. The van der Waals surface area contributed by atoms with Crippen LogP contribution in [-0.2, 0) is 4.79 Å². The third-order valence-corrected chi connectivity index (χ3v) is 3.48. The SMILES string of the molecule is Cc1ccc(C(C)C)c(OC(C)C(=O)NCCC(C)C)c1. The van der Waals surface area contributed by atoms with Gasteiger partial charge < -0.3 is 10.1 Å². The summed E-state index contributed by atoms with van der Waals surface area (Å²) in [6.07, 6.45) is 0.511. The predicted molar refractivity (Wildman–Crippen MR) is 87.8 cm³/mol. The minimum absolute atomic E-state index is 0.0492. The second kappa shape index (κ2) is 8.06. The van der Waals surface area contributed by atoms with Gasteiger partial charge in [0.1, 0.15) is 5.75 Å². The molecule has 1 amide bonds. The lowest BCUT2D eigenvalue weighted by molar-refractivity contribution is -0.127. The zero-order valence-electron chi connectivity index (χ0n) is 14.2. The van der Waals surface area contributed by atoms with Gasteiger partial charge in [0.2, 0.25) is 0 Å². The normalized spacial score (nSPS) is 12.6. The Kier molecular flexibility index (Phi) is 6.73. The second-order valence-electron chi connectivity index (χ2n) is 6.43. The Morgan fingerprint density at radius 3 is 2.43 bits per heavy atom. The van der Waals surface area contributed by atoms with Crippen LogP contribution < -0.4 is 10.1 Å². The highest BCUT2D eigenvalue weighted by atomic mass is 16.5. The van der Waals surface area contributed by atoms with E-state index in [1.807, 2.05) is 13.0 Å². The summed E-state index contributed by atoms with van der Waals surface area (Å²) in [5, 5.41) is 2.93. The highest BCUT2D eigenvalue weighted by molar-refractivity contribution is 5.80. The highest BCUT2D eigenvalue weighted by Gasteiger charge is 2.17. The van der Waals surface area contributed by atoms with E-state index < -0.39 is 6.10 Å². The summed E-state index contributed by atoms with van der Waals surface area (Å²) in [5.74, 6) is 1.73. The van der Waals surface area contributed by atoms with Gasteiger partial charge in [-0.2, -0.15) is 0 Å². The molecule has 0 aromatic heterocycles. The van der Waals surface area contributed by atoms with Crippen molar-refractivity contribution in [2.75, 3.05) is 6.54 Å². The van der Waals surface area contributed by atoms with Crippen LogP contribution in [0.2, 0.25) is 0 Å². The molecule has 1 aromatic rings. The lowest BCUT2D eigenvalue weighted by Crippen LogP contribution is -2.37. The highest BCUT2D eigenvalue weighted by Crippen LogP contribution is 2.28. The summed E-state index contributed by atoms with van der Waals surface area (Å²) in [4.78, 5) is 12.1. The minimum Gasteiger partial charge on any atom is -0.481 e. The number of ether oxygens (including phenoxy) is 1. The van der Waals surface area contributed by atoms with Crippen molar-refractivity contribution in [3.63, 3.8) is 0 Å². The number of rotatable bonds is 7. The average molecular weight is 291 g/mol. The molecule has 1 atom stereocenters. The van der Waals surface area contributed by atoms with Crippen molar-refractivity contribution in [3.8, 4) is 5.75 Å². The van der Waals surface area contributed by atoms with Gasteiger partial charge in [0.15, 0.2) is 6.10 Å². The fourth-order valence-electron chi connectivity index (χ4n) is 2.09.